The van der Waals surface area contributed by atoms with Gasteiger partial charge in [0.1, 0.15) is 0 Å². The van der Waals surface area contributed by atoms with Gasteiger partial charge in [-0.2, -0.15) is 0 Å². The standard InChI is InChI=1S/C11H19N3O2/c1-13(2)10(15)3-4-11(16)14-7-8-5-9(14)6-12-8/h8-9,12H,3-7H2,1-2H3/t8-,9-/m0/s1. The average molecular weight is 225 g/mol. The molecule has 0 aliphatic carbocycles. The molecule has 2 bridgehead atoms. The molecular formula is C11H19N3O2. The number of hydrogen-bond donors (Lipinski definition) is 1. The quantitative estimate of drug-likeness (QED) is 0.699. The van der Waals surface area contributed by atoms with Crippen LogP contribution in [0.25, 0.3) is 0 Å². The van der Waals surface area contributed by atoms with E-state index in [1.165, 1.54) is 4.90 Å². The molecule has 2 heterocycles. The summed E-state index contributed by atoms with van der Waals surface area (Å²) in [5.41, 5.74) is 0. The van der Waals surface area contributed by atoms with E-state index in [0.717, 1.165) is 19.5 Å². The van der Waals surface area contributed by atoms with Crippen LogP contribution in [0, 0.1) is 0 Å². The van der Waals surface area contributed by atoms with E-state index in [4.69, 9.17) is 0 Å². The lowest BCUT2D eigenvalue weighted by Crippen LogP contribution is -2.46. The number of carbonyl (C=O) groups excluding carboxylic acids is 2. The van der Waals surface area contributed by atoms with Crippen molar-refractivity contribution in [3.05, 3.63) is 0 Å². The van der Waals surface area contributed by atoms with Crippen molar-refractivity contribution in [1.29, 1.82) is 0 Å². The molecule has 0 saturated carbocycles. The number of fused-ring (bicyclic) bond motifs is 2. The number of likely N-dealkylation sites (tertiary alicyclic amines) is 1. The third-order valence-corrected chi connectivity index (χ3v) is 3.43. The minimum atomic E-state index is 0.0239. The van der Waals surface area contributed by atoms with Gasteiger partial charge in [-0.1, -0.05) is 0 Å². The molecule has 16 heavy (non-hydrogen) atoms. The van der Waals surface area contributed by atoms with Crippen molar-refractivity contribution >= 4 is 11.8 Å². The van der Waals surface area contributed by atoms with Crippen molar-refractivity contribution in [2.24, 2.45) is 0 Å². The highest BCUT2D eigenvalue weighted by Crippen LogP contribution is 2.23. The summed E-state index contributed by atoms with van der Waals surface area (Å²) in [7, 11) is 3.43. The molecule has 5 nitrogen and oxygen atoms in total. The summed E-state index contributed by atoms with van der Waals surface area (Å²) in [5.74, 6) is 0.153. The number of nitrogens with zero attached hydrogens (tertiary/aromatic N) is 2. The van der Waals surface area contributed by atoms with Gasteiger partial charge in [0.15, 0.2) is 0 Å². The van der Waals surface area contributed by atoms with E-state index in [9.17, 15) is 9.59 Å². The first-order valence-corrected chi connectivity index (χ1v) is 5.81. The smallest absolute Gasteiger partial charge is 0.223 e. The first-order chi connectivity index (χ1) is 7.58. The Bertz CT molecular complexity index is 304. The van der Waals surface area contributed by atoms with Crippen molar-refractivity contribution in [3.63, 3.8) is 0 Å². The first-order valence-electron chi connectivity index (χ1n) is 5.81. The molecule has 0 unspecified atom stereocenters. The molecule has 90 valence electrons. The highest BCUT2D eigenvalue weighted by Gasteiger charge is 2.39. The third-order valence-electron chi connectivity index (χ3n) is 3.43. The van der Waals surface area contributed by atoms with Crippen LogP contribution >= 0.6 is 0 Å². The van der Waals surface area contributed by atoms with Gasteiger partial charge < -0.3 is 15.1 Å². The van der Waals surface area contributed by atoms with Crippen molar-refractivity contribution in [2.75, 3.05) is 27.2 Å². The minimum absolute atomic E-state index is 0.0239. The lowest BCUT2D eigenvalue weighted by molar-refractivity contribution is -0.136. The van der Waals surface area contributed by atoms with E-state index in [2.05, 4.69) is 5.32 Å². The Hall–Kier alpha value is -1.10. The first kappa shape index (κ1) is 11.4. The number of amides is 2. The van der Waals surface area contributed by atoms with Gasteiger partial charge in [-0.05, 0) is 6.42 Å². The monoisotopic (exact) mass is 225 g/mol. The maximum Gasteiger partial charge on any atom is 0.223 e. The lowest BCUT2D eigenvalue weighted by Gasteiger charge is -2.27. The van der Waals surface area contributed by atoms with Gasteiger partial charge in [0.2, 0.25) is 11.8 Å². The Balaban J connectivity index is 1.78. The van der Waals surface area contributed by atoms with Crippen molar-refractivity contribution in [1.82, 2.24) is 15.1 Å². The summed E-state index contributed by atoms with van der Waals surface area (Å²) in [6.07, 6.45) is 1.75. The number of nitrogens with one attached hydrogen (secondary N) is 1. The number of hydrogen-bond acceptors (Lipinski definition) is 3. The van der Waals surface area contributed by atoms with Gasteiger partial charge in [0, 0.05) is 52.1 Å². The second-order valence-corrected chi connectivity index (χ2v) is 4.83. The summed E-state index contributed by atoms with van der Waals surface area (Å²) in [5, 5.41) is 3.35. The Morgan fingerprint density at radius 3 is 2.62 bits per heavy atom. The van der Waals surface area contributed by atoms with E-state index in [0.29, 0.717) is 24.9 Å². The van der Waals surface area contributed by atoms with E-state index in [-0.39, 0.29) is 11.8 Å². The predicted molar refractivity (Wildman–Crippen MR) is 59.8 cm³/mol. The van der Waals surface area contributed by atoms with Crippen molar-refractivity contribution < 1.29 is 9.59 Å². The Morgan fingerprint density at radius 1 is 1.38 bits per heavy atom. The zero-order valence-electron chi connectivity index (χ0n) is 9.90. The van der Waals surface area contributed by atoms with E-state index >= 15 is 0 Å². The van der Waals surface area contributed by atoms with Crippen LogP contribution in [0.3, 0.4) is 0 Å². The van der Waals surface area contributed by atoms with Gasteiger partial charge in [-0.25, -0.2) is 0 Å². The number of piperazine rings is 1. The molecule has 1 N–H and O–H groups in total. The van der Waals surface area contributed by atoms with Crippen LogP contribution in [0.1, 0.15) is 19.3 Å². The zero-order valence-corrected chi connectivity index (χ0v) is 9.90. The van der Waals surface area contributed by atoms with E-state index in [1.807, 2.05) is 4.90 Å². The second-order valence-electron chi connectivity index (χ2n) is 4.83. The third kappa shape index (κ3) is 2.19. The molecular weight excluding hydrogens is 206 g/mol. The van der Waals surface area contributed by atoms with Crippen molar-refractivity contribution in [3.8, 4) is 0 Å². The summed E-state index contributed by atoms with van der Waals surface area (Å²) >= 11 is 0. The number of rotatable bonds is 3. The van der Waals surface area contributed by atoms with Crippen LogP contribution in [0.15, 0.2) is 0 Å². The summed E-state index contributed by atoms with van der Waals surface area (Å²) in [4.78, 5) is 26.7. The van der Waals surface area contributed by atoms with Crippen molar-refractivity contribution in [2.45, 2.75) is 31.3 Å². The van der Waals surface area contributed by atoms with Crippen LogP contribution in [0.5, 0.6) is 0 Å². The fraction of sp³-hybridized carbons (Fsp3) is 0.818. The Kier molecular flexibility index (Phi) is 3.14. The Morgan fingerprint density at radius 2 is 2.12 bits per heavy atom. The minimum Gasteiger partial charge on any atom is -0.349 e. The fourth-order valence-corrected chi connectivity index (χ4v) is 2.45. The molecule has 0 aromatic rings. The van der Waals surface area contributed by atoms with Gasteiger partial charge in [-0.15, -0.1) is 0 Å². The summed E-state index contributed by atoms with van der Waals surface area (Å²) in [6.45, 7) is 1.73. The van der Waals surface area contributed by atoms with Gasteiger partial charge >= 0.3 is 0 Å². The molecule has 2 aliphatic rings. The molecule has 2 rings (SSSR count). The zero-order chi connectivity index (χ0) is 11.7. The summed E-state index contributed by atoms with van der Waals surface area (Å²) < 4.78 is 0. The van der Waals surface area contributed by atoms with Crippen LogP contribution < -0.4 is 5.32 Å². The highest BCUT2D eigenvalue weighted by atomic mass is 16.2. The molecule has 2 atom stereocenters. The highest BCUT2D eigenvalue weighted by molar-refractivity contribution is 5.84. The summed E-state index contributed by atoms with van der Waals surface area (Å²) in [6, 6.07) is 0.852. The van der Waals surface area contributed by atoms with Gasteiger partial charge in [-0.3, -0.25) is 9.59 Å². The van der Waals surface area contributed by atoms with Gasteiger partial charge in [0.05, 0.1) is 0 Å². The van der Waals surface area contributed by atoms with E-state index < -0.39 is 0 Å². The van der Waals surface area contributed by atoms with Crippen LogP contribution in [0.4, 0.5) is 0 Å². The lowest BCUT2D eigenvalue weighted by atomic mass is 10.2. The van der Waals surface area contributed by atoms with Crippen LogP contribution in [-0.4, -0.2) is 60.9 Å². The molecule has 2 amide bonds. The topological polar surface area (TPSA) is 52.7 Å². The molecule has 2 fully saturated rings. The fourth-order valence-electron chi connectivity index (χ4n) is 2.45. The molecule has 0 radical (unpaired) electrons. The largest absolute Gasteiger partial charge is 0.349 e. The van der Waals surface area contributed by atoms with Crippen LogP contribution in [0.2, 0.25) is 0 Å². The molecule has 5 heteroatoms. The molecule has 0 spiro atoms. The SMILES string of the molecule is CN(C)C(=O)CCC(=O)N1C[C@@H]2C[C@H]1CN2. The average Bonchev–Trinajstić information content (AvgIpc) is 2.86. The van der Waals surface area contributed by atoms with E-state index in [1.54, 1.807) is 14.1 Å². The van der Waals surface area contributed by atoms with Gasteiger partial charge in [0.25, 0.3) is 0 Å². The maximum atomic E-state index is 11.9. The predicted octanol–water partition coefficient (Wildman–Crippen LogP) is -0.572. The molecule has 0 aromatic carbocycles. The van der Waals surface area contributed by atoms with Crippen LogP contribution in [-0.2, 0) is 9.59 Å². The number of carbonyl (C=O) groups is 2. The molecule has 0 aromatic heterocycles. The normalized spacial score (nSPS) is 27.2. The second kappa shape index (κ2) is 4.41. The Labute approximate surface area is 95.8 Å². The molecule has 2 saturated heterocycles. The molecule has 2 aliphatic heterocycles. The maximum absolute atomic E-state index is 11.9.